The summed E-state index contributed by atoms with van der Waals surface area (Å²) in [7, 11) is -5.96. The van der Waals surface area contributed by atoms with Crippen molar-refractivity contribution in [2.75, 3.05) is 16.6 Å². The number of ether oxygens (including phenoxy) is 2. The monoisotopic (exact) mass is 1570 g/mol. The molecule has 1 atom stereocenters. The maximum Gasteiger partial charge on any atom is 0.339 e. The topological polar surface area (TPSA) is 162 Å². The van der Waals surface area contributed by atoms with E-state index in [9.17, 15) is 31.2 Å². The molecule has 1 aliphatic heterocycles. The van der Waals surface area contributed by atoms with Crippen molar-refractivity contribution in [2.24, 2.45) is 0 Å². The van der Waals surface area contributed by atoms with Crippen molar-refractivity contribution >= 4 is 72.2 Å². The van der Waals surface area contributed by atoms with E-state index in [1.54, 1.807) is 121 Å². The number of carbonyl (C=O) groups excluding carboxylic acids is 3. The van der Waals surface area contributed by atoms with Gasteiger partial charge in [0, 0.05) is 114 Å². The molecule has 79 heavy (non-hydrogen) atoms. The van der Waals surface area contributed by atoms with Gasteiger partial charge in [0.05, 0.1) is 39.4 Å². The van der Waals surface area contributed by atoms with Crippen LogP contribution >= 0.6 is 22.6 Å². The number of hydrogen-bond donors (Lipinski definition) is 2. The second-order valence-electron chi connectivity index (χ2n) is 11.5. The Morgan fingerprint density at radius 1 is 0.481 bits per heavy atom. The van der Waals surface area contributed by atoms with Gasteiger partial charge in [-0.05, 0) is 77.2 Å². The number of esters is 2. The molecule has 0 aliphatic carbocycles. The minimum absolute atomic E-state index is 0. The third-order valence-corrected chi connectivity index (χ3v) is 11.6. The van der Waals surface area contributed by atoms with Crippen molar-refractivity contribution in [3.63, 3.8) is 0 Å². The van der Waals surface area contributed by atoms with Gasteiger partial charge in [0.25, 0.3) is 20.0 Å². The van der Waals surface area contributed by atoms with Gasteiger partial charge in [0.15, 0.2) is 12.4 Å². The van der Waals surface area contributed by atoms with Crippen molar-refractivity contribution in [1.82, 2.24) is 0 Å². The summed E-state index contributed by atoms with van der Waals surface area (Å²) in [5.41, 5.74) is 3.44. The number of rotatable bonds is 9. The number of fused-ring (bicyclic) bond motifs is 1. The molecule has 0 aromatic heterocycles. The fourth-order valence-electron chi connectivity index (χ4n) is 5.24. The van der Waals surface area contributed by atoms with Gasteiger partial charge in [-0.1, -0.05) is 242 Å². The van der Waals surface area contributed by atoms with Crippen molar-refractivity contribution < 1.29 is 135 Å². The Morgan fingerprint density at radius 3 is 1.22 bits per heavy atom. The van der Waals surface area contributed by atoms with Gasteiger partial charge in [0.1, 0.15) is 0 Å². The van der Waals surface area contributed by atoms with E-state index in [0.717, 1.165) is 9.13 Å². The summed E-state index contributed by atoms with van der Waals surface area (Å²) in [6.07, 6.45) is -0.0138. The first kappa shape index (κ1) is 98.3. The van der Waals surface area contributed by atoms with Crippen LogP contribution in [0.5, 0.6) is 0 Å². The maximum atomic E-state index is 12.7. The second-order valence-corrected chi connectivity index (χ2v) is 16.0. The number of aldehydes is 1. The Morgan fingerprint density at radius 2 is 0.810 bits per heavy atom. The van der Waals surface area contributed by atoms with Crippen LogP contribution in [0, 0.1) is 112 Å². The molecule has 0 fully saturated rings. The molecule has 16 heteroatoms. The van der Waals surface area contributed by atoms with Gasteiger partial charge in [0.2, 0.25) is 0 Å². The summed E-state index contributed by atoms with van der Waals surface area (Å²) in [6, 6.07) is 44.2. The van der Waals surface area contributed by atoms with Crippen LogP contribution in [0.25, 0.3) is 0 Å². The zero-order valence-electron chi connectivity index (χ0n) is 51.6. The van der Waals surface area contributed by atoms with Crippen LogP contribution in [-0.4, -0.2) is 42.2 Å². The van der Waals surface area contributed by atoms with Crippen molar-refractivity contribution in [3.8, 4) is 0 Å². The van der Waals surface area contributed by atoms with Crippen LogP contribution in [-0.2, 0) is 29.5 Å². The third-order valence-electron chi connectivity index (χ3n) is 7.89. The molecule has 0 amide bonds. The summed E-state index contributed by atoms with van der Waals surface area (Å²) in [4.78, 5) is 34.0. The van der Waals surface area contributed by atoms with Gasteiger partial charge in [-0.25, -0.2) is 26.4 Å². The van der Waals surface area contributed by atoms with Crippen LogP contribution < -0.4 is 9.44 Å². The molecule has 0 bridgehead atoms. The minimum atomic E-state index is -3.75. The molecule has 6 aromatic rings. The van der Waals surface area contributed by atoms with Crippen LogP contribution in [0.3, 0.4) is 0 Å². The first-order valence-corrected chi connectivity index (χ1v) is 30.4. The zero-order chi connectivity index (χ0) is 59.4. The molecule has 11 nitrogen and oxygen atoms in total. The molecule has 2 N–H and O–H groups in total. The fraction of sp³-hybridized carbons (Fsp3) is 0.349. The van der Waals surface area contributed by atoms with Crippen LogP contribution in [0.15, 0.2) is 168 Å². The predicted octanol–water partition coefficient (Wildman–Crippen LogP) is 19.3. The van der Waals surface area contributed by atoms with E-state index in [2.05, 4.69) is 36.8 Å². The number of anilines is 2. The second kappa shape index (κ2) is 66.0. The maximum absolute atomic E-state index is 12.7. The number of nitrogens with one attached hydrogen (secondary N) is 2. The normalized spacial score (nSPS) is 9.80. The van der Waals surface area contributed by atoms with Gasteiger partial charge in [-0.2, -0.15) is 0 Å². The largest absolute Gasteiger partial charge is 0.465 e. The number of sulfonamides is 2. The Labute approximate surface area is 574 Å². The number of para-hydroxylation sites is 2. The SMILES string of the molecule is CC.CC.CC.CC.CC.CC.CC.CC.CC.CC.COC(=O)c1ccccc1C=O.O=C1OC(c2ccccc2NS(=O)(=O)c2ccccc2)c2ccccc21.O=S(=O)(Nc1ccccc1I)c1ccccc1.[CH3-].[CH3-].[Yb].[Yb]. The Kier molecular flexibility index (Phi) is 82.2. The van der Waals surface area contributed by atoms with E-state index in [4.69, 9.17) is 4.74 Å². The molecular formula is C63H99IN2O9S2Yb2-2. The first-order valence-electron chi connectivity index (χ1n) is 26.4. The summed E-state index contributed by atoms with van der Waals surface area (Å²) in [5.74, 6) is -0.899. The zero-order valence-corrected chi connectivity index (χ0v) is 58.8. The number of methoxy groups -OCH3 is 1. The molecule has 0 spiro atoms. The van der Waals surface area contributed by atoms with E-state index in [1.807, 2.05) is 163 Å². The molecule has 464 valence electrons. The van der Waals surface area contributed by atoms with E-state index in [-0.39, 0.29) is 118 Å². The van der Waals surface area contributed by atoms with Crippen molar-refractivity contribution in [3.05, 3.63) is 204 Å². The van der Waals surface area contributed by atoms with E-state index in [0.29, 0.717) is 39.9 Å². The number of halogens is 1. The number of benzene rings is 6. The number of cyclic esters (lactones) is 1. The van der Waals surface area contributed by atoms with E-state index in [1.165, 1.54) is 19.2 Å². The summed E-state index contributed by atoms with van der Waals surface area (Å²) in [6.45, 7) is 40.0. The smallest absolute Gasteiger partial charge is 0.339 e. The predicted molar refractivity (Wildman–Crippen MR) is 343 cm³/mol. The number of carbonyl (C=O) groups is 3. The molecule has 1 heterocycles. The van der Waals surface area contributed by atoms with Crippen LogP contribution in [0.4, 0.5) is 11.4 Å². The minimum Gasteiger partial charge on any atom is -0.465 e. The van der Waals surface area contributed by atoms with Crippen molar-refractivity contribution in [1.29, 1.82) is 0 Å². The number of hydrogen-bond acceptors (Lipinski definition) is 9. The molecule has 0 saturated carbocycles. The molecule has 7 rings (SSSR count). The van der Waals surface area contributed by atoms with Gasteiger partial charge in [-0.3, -0.25) is 14.2 Å². The quantitative estimate of drug-likeness (QED) is 0.0621. The Bertz CT molecular complexity index is 2540. The first-order chi connectivity index (χ1) is 36.4. The van der Waals surface area contributed by atoms with Crippen LogP contribution in [0.2, 0.25) is 0 Å². The van der Waals surface area contributed by atoms with E-state index < -0.39 is 38.1 Å². The Balaban J connectivity index is -0.0000000989. The van der Waals surface area contributed by atoms with Gasteiger partial charge in [-0.15, -0.1) is 0 Å². The molecule has 1 aliphatic rings. The molecule has 0 saturated heterocycles. The van der Waals surface area contributed by atoms with E-state index >= 15 is 0 Å². The third kappa shape index (κ3) is 37.8. The van der Waals surface area contributed by atoms with Gasteiger partial charge < -0.3 is 24.3 Å². The molecule has 0 radical (unpaired) electrons. The van der Waals surface area contributed by atoms with Crippen LogP contribution in [0.1, 0.15) is 187 Å². The fourth-order valence-corrected chi connectivity index (χ4v) is 8.16. The Hall–Kier alpha value is -2.80. The standard InChI is InChI=1S/C20H15NO4S.C12H10INO2S.C9H8O3.10C2H6.2CH3.2Yb/c22-20-16-11-5-4-10-15(16)19(25-20)17-12-6-7-13-18(17)21-26(23,24)14-8-2-1-3-9-14;13-11-8-4-5-9-12(11)14-17(15,16)10-6-2-1-3-7-10;1-12-9(11)8-5-3-2-4-7(8)6-10;10*1-2;;;;/h1-13,19,21H;1-9,14H;2-6H,1H3;10*1-2H3;2*1H3;;/q;;;;;;;;;;;;;2*-1;;. The molecule has 6 aromatic carbocycles. The van der Waals surface area contributed by atoms with Crippen molar-refractivity contribution in [2.45, 2.75) is 154 Å². The average molecular weight is 1570 g/mol. The van der Waals surface area contributed by atoms with Gasteiger partial charge >= 0.3 is 11.9 Å². The average Bonchev–Trinajstić information content (AvgIpc) is 3.84. The summed E-state index contributed by atoms with van der Waals surface area (Å²) < 4.78 is 65.4. The summed E-state index contributed by atoms with van der Waals surface area (Å²) >= 11 is 2.09. The summed E-state index contributed by atoms with van der Waals surface area (Å²) in [5, 5.41) is 0. The molecule has 1 unspecified atom stereocenters. The molecular weight excluding hydrogens is 1470 g/mol.